The third-order valence-electron chi connectivity index (χ3n) is 7.60. The third-order valence-corrected chi connectivity index (χ3v) is 8.23. The van der Waals surface area contributed by atoms with Gasteiger partial charge in [-0.1, -0.05) is 13.0 Å². The van der Waals surface area contributed by atoms with Crippen LogP contribution in [0.15, 0.2) is 56.8 Å². The molecule has 0 radical (unpaired) electrons. The molecule has 2 aromatic rings. The number of guanidine groups is 1. The molecule has 2 fully saturated rings. The molecular weight excluding hydrogens is 514 g/mol. The Kier molecular flexibility index (Phi) is 6.79. The zero-order valence-electron chi connectivity index (χ0n) is 23.6. The van der Waals surface area contributed by atoms with Gasteiger partial charge in [0.1, 0.15) is 11.7 Å². The highest BCUT2D eigenvalue weighted by Crippen LogP contribution is 2.52. The van der Waals surface area contributed by atoms with E-state index in [0.29, 0.717) is 30.5 Å². The van der Waals surface area contributed by atoms with Crippen LogP contribution >= 0.6 is 0 Å². The maximum Gasteiger partial charge on any atom is 0.253 e. The van der Waals surface area contributed by atoms with Crippen molar-refractivity contribution in [3.05, 3.63) is 48.0 Å². The summed E-state index contributed by atoms with van der Waals surface area (Å²) in [7, 11) is 1.11. The van der Waals surface area contributed by atoms with E-state index in [1.165, 1.54) is 0 Å². The van der Waals surface area contributed by atoms with Gasteiger partial charge in [0.05, 0.1) is 18.8 Å². The summed E-state index contributed by atoms with van der Waals surface area (Å²) in [6.07, 6.45) is 4.01. The molecule has 1 aromatic carbocycles. The summed E-state index contributed by atoms with van der Waals surface area (Å²) >= 11 is 0. The minimum Gasteiger partial charge on any atom is -0.375 e. The SMILES string of the molecule is CN(C)C(=O)c1ccc(NC2=NCC3C(=N2)N(c2cccc(N=S(C)(C)=O)n2)[C@@H]2CC(C)(C)OC[C@]32C)cc1. The lowest BCUT2D eigenvalue weighted by Crippen LogP contribution is -2.53. The Labute approximate surface area is 230 Å². The Hall–Kier alpha value is -3.31. The molecule has 3 atom stereocenters. The smallest absolute Gasteiger partial charge is 0.253 e. The lowest BCUT2D eigenvalue weighted by atomic mass is 9.70. The number of nitrogens with one attached hydrogen (secondary N) is 1. The number of aromatic nitrogens is 1. The van der Waals surface area contributed by atoms with Gasteiger partial charge in [-0.2, -0.15) is 9.36 Å². The van der Waals surface area contributed by atoms with Gasteiger partial charge in [0.25, 0.3) is 5.91 Å². The normalized spacial score (nSPS) is 25.7. The van der Waals surface area contributed by atoms with Gasteiger partial charge in [-0.05, 0) is 56.7 Å². The van der Waals surface area contributed by atoms with E-state index in [2.05, 4.69) is 35.4 Å². The Morgan fingerprint density at radius 3 is 2.54 bits per heavy atom. The quantitative estimate of drug-likeness (QED) is 0.614. The maximum atomic E-state index is 12.4. The lowest BCUT2D eigenvalue weighted by molar-refractivity contribution is -0.119. The van der Waals surface area contributed by atoms with E-state index < -0.39 is 9.73 Å². The number of fused-ring (bicyclic) bond motifs is 3. The number of hydrogen-bond acceptors (Lipinski definition) is 9. The Morgan fingerprint density at radius 2 is 1.87 bits per heavy atom. The van der Waals surface area contributed by atoms with Crippen molar-refractivity contribution < 1.29 is 13.7 Å². The summed E-state index contributed by atoms with van der Waals surface area (Å²) in [4.78, 5) is 30.7. The first-order chi connectivity index (χ1) is 18.3. The predicted molar refractivity (Wildman–Crippen MR) is 157 cm³/mol. The molecular formula is C28H37N7O3S. The molecule has 1 amide bonds. The fraction of sp³-hybridized carbons (Fsp3) is 0.500. The number of benzene rings is 1. The Morgan fingerprint density at radius 1 is 1.15 bits per heavy atom. The first kappa shape index (κ1) is 27.3. The molecule has 0 spiro atoms. The second-order valence-electron chi connectivity index (χ2n) is 11.9. The molecule has 0 bridgehead atoms. The number of amides is 1. The molecule has 39 heavy (non-hydrogen) atoms. The minimum atomic E-state index is -2.36. The molecule has 0 aliphatic carbocycles. The van der Waals surface area contributed by atoms with Crippen LogP contribution in [0.2, 0.25) is 0 Å². The number of nitrogens with zero attached hydrogens (tertiary/aromatic N) is 6. The van der Waals surface area contributed by atoms with Crippen molar-refractivity contribution in [3.63, 3.8) is 0 Å². The van der Waals surface area contributed by atoms with Crippen molar-refractivity contribution in [1.29, 1.82) is 0 Å². The third kappa shape index (κ3) is 5.42. The first-order valence-corrected chi connectivity index (χ1v) is 15.4. The molecule has 1 aromatic heterocycles. The average molecular weight is 552 g/mol. The van der Waals surface area contributed by atoms with Gasteiger partial charge in [0.2, 0.25) is 5.96 Å². The monoisotopic (exact) mass is 551 g/mol. The molecule has 4 heterocycles. The number of hydrogen-bond donors (Lipinski definition) is 1. The summed E-state index contributed by atoms with van der Waals surface area (Å²) in [5.74, 6) is 2.56. The molecule has 1 unspecified atom stereocenters. The highest BCUT2D eigenvalue weighted by Gasteiger charge is 2.60. The van der Waals surface area contributed by atoms with E-state index in [0.717, 1.165) is 23.8 Å². The summed E-state index contributed by atoms with van der Waals surface area (Å²) in [6.45, 7) is 7.64. The number of ether oxygens (including phenoxy) is 1. The predicted octanol–water partition coefficient (Wildman–Crippen LogP) is 4.03. The number of anilines is 2. The molecule has 5 rings (SSSR count). The van der Waals surface area contributed by atoms with Gasteiger partial charge in [0, 0.05) is 65.0 Å². The van der Waals surface area contributed by atoms with E-state index in [4.69, 9.17) is 19.7 Å². The first-order valence-electron chi connectivity index (χ1n) is 13.0. The molecule has 3 aliphatic rings. The van der Waals surface area contributed by atoms with Crippen LogP contribution < -0.4 is 10.2 Å². The highest BCUT2D eigenvalue weighted by atomic mass is 32.2. The van der Waals surface area contributed by atoms with Gasteiger partial charge in [-0.15, -0.1) is 0 Å². The summed E-state index contributed by atoms with van der Waals surface area (Å²) in [6, 6.07) is 13.0. The number of amidine groups is 1. The van der Waals surface area contributed by atoms with Crippen LogP contribution in [0.3, 0.4) is 0 Å². The van der Waals surface area contributed by atoms with Crippen molar-refractivity contribution in [2.24, 2.45) is 25.7 Å². The summed E-state index contributed by atoms with van der Waals surface area (Å²) in [5, 5.41) is 3.32. The molecule has 1 N–H and O–H groups in total. The van der Waals surface area contributed by atoms with E-state index in [1.807, 2.05) is 24.3 Å². The van der Waals surface area contributed by atoms with Gasteiger partial charge in [0.15, 0.2) is 5.82 Å². The number of aliphatic imine (C=N–C) groups is 2. The van der Waals surface area contributed by atoms with Gasteiger partial charge in [-0.25, -0.2) is 9.19 Å². The molecule has 11 heteroatoms. The van der Waals surface area contributed by atoms with Crippen molar-refractivity contribution in [1.82, 2.24) is 9.88 Å². The molecule has 3 aliphatic heterocycles. The van der Waals surface area contributed by atoms with Crippen molar-refractivity contribution in [2.75, 3.05) is 50.0 Å². The lowest BCUT2D eigenvalue weighted by Gasteiger charge is -2.47. The number of carbonyl (C=O) groups is 1. The average Bonchev–Trinajstić information content (AvgIpc) is 3.10. The van der Waals surface area contributed by atoms with Gasteiger partial charge in [-0.3, -0.25) is 9.79 Å². The van der Waals surface area contributed by atoms with Crippen molar-refractivity contribution >= 4 is 44.8 Å². The van der Waals surface area contributed by atoms with E-state index in [1.54, 1.807) is 49.7 Å². The molecule has 0 saturated carbocycles. The number of carbonyl (C=O) groups excluding carboxylic acids is 1. The van der Waals surface area contributed by atoms with Gasteiger partial charge >= 0.3 is 0 Å². The van der Waals surface area contributed by atoms with Crippen LogP contribution in [-0.4, -0.2) is 83.2 Å². The minimum absolute atomic E-state index is 0.0493. The Bertz CT molecular complexity index is 1470. The van der Waals surface area contributed by atoms with Crippen molar-refractivity contribution in [2.45, 2.75) is 38.8 Å². The number of pyridine rings is 1. The Balaban J connectivity index is 1.51. The molecule has 10 nitrogen and oxygen atoms in total. The van der Waals surface area contributed by atoms with Crippen molar-refractivity contribution in [3.8, 4) is 0 Å². The second kappa shape index (κ2) is 9.71. The van der Waals surface area contributed by atoms with Crippen LogP contribution in [0.5, 0.6) is 0 Å². The maximum absolute atomic E-state index is 12.4. The van der Waals surface area contributed by atoms with Gasteiger partial charge < -0.3 is 19.9 Å². The van der Waals surface area contributed by atoms with E-state index in [9.17, 15) is 9.00 Å². The van der Waals surface area contributed by atoms with E-state index >= 15 is 0 Å². The largest absolute Gasteiger partial charge is 0.375 e. The highest BCUT2D eigenvalue weighted by molar-refractivity contribution is 7.92. The van der Waals surface area contributed by atoms with Crippen LogP contribution in [0.1, 0.15) is 37.6 Å². The fourth-order valence-corrected chi connectivity index (χ4v) is 6.09. The topological polar surface area (TPSA) is 112 Å². The molecule has 2 saturated heterocycles. The summed E-state index contributed by atoms with van der Waals surface area (Å²) < 4.78 is 23.0. The van der Waals surface area contributed by atoms with E-state index in [-0.39, 0.29) is 28.9 Å². The zero-order valence-corrected chi connectivity index (χ0v) is 24.5. The number of rotatable bonds is 4. The standard InChI is InChI=1S/C28H37N7O3S/c1-27(2)15-21-28(3,17-38-27)20-16-29-26(30-19-13-11-18(12-14-19)25(36)34(4)5)32-24(20)35(21)23-10-8-9-22(31-23)33-39(6,7)37/h8-14,20-21H,15-17H2,1-7H3,(H,29,30)/t20?,21-,28-/m1/s1. The second-order valence-corrected chi connectivity index (χ2v) is 14.4. The van der Waals surface area contributed by atoms with Crippen LogP contribution in [0, 0.1) is 11.3 Å². The van der Waals surface area contributed by atoms with Crippen LogP contribution in [-0.2, 0) is 14.5 Å². The molecule has 208 valence electrons. The summed E-state index contributed by atoms with van der Waals surface area (Å²) in [5.41, 5.74) is 0.899. The fourth-order valence-electron chi connectivity index (χ4n) is 5.54. The zero-order chi connectivity index (χ0) is 28.2. The van der Waals surface area contributed by atoms with Crippen LogP contribution in [0.4, 0.5) is 17.3 Å². The van der Waals surface area contributed by atoms with Crippen LogP contribution in [0.25, 0.3) is 0 Å².